The Kier molecular flexibility index (Phi) is 2.47. The second-order valence-electron chi connectivity index (χ2n) is 3.71. The van der Waals surface area contributed by atoms with Gasteiger partial charge in [0.15, 0.2) is 17.6 Å². The zero-order chi connectivity index (χ0) is 11.9. The zero-order valence-corrected chi connectivity index (χ0v) is 8.98. The monoisotopic (exact) mass is 224 g/mol. The van der Waals surface area contributed by atoms with Gasteiger partial charge in [0, 0.05) is 5.56 Å². The van der Waals surface area contributed by atoms with Crippen molar-refractivity contribution < 1.29 is 24.5 Å². The van der Waals surface area contributed by atoms with E-state index in [9.17, 15) is 9.90 Å². The number of rotatable bonds is 2. The van der Waals surface area contributed by atoms with Gasteiger partial charge in [-0.2, -0.15) is 0 Å². The third-order valence-corrected chi connectivity index (χ3v) is 2.74. The van der Waals surface area contributed by atoms with Gasteiger partial charge in [-0.15, -0.1) is 0 Å². The summed E-state index contributed by atoms with van der Waals surface area (Å²) in [5, 5.41) is 18.5. The number of carboxylic acids is 1. The zero-order valence-electron chi connectivity index (χ0n) is 8.98. The van der Waals surface area contributed by atoms with Crippen molar-refractivity contribution in [2.45, 2.75) is 20.0 Å². The van der Waals surface area contributed by atoms with Crippen molar-refractivity contribution in [1.29, 1.82) is 0 Å². The Labute approximate surface area is 92.2 Å². The third-order valence-electron chi connectivity index (χ3n) is 2.74. The highest BCUT2D eigenvalue weighted by Crippen LogP contribution is 2.42. The molecule has 86 valence electrons. The Morgan fingerprint density at radius 2 is 2.12 bits per heavy atom. The molecule has 1 aromatic carbocycles. The summed E-state index contributed by atoms with van der Waals surface area (Å²) in [6.07, 6.45) is -1.59. The van der Waals surface area contributed by atoms with Crippen LogP contribution < -0.4 is 9.47 Å². The van der Waals surface area contributed by atoms with Gasteiger partial charge in [-0.05, 0) is 31.0 Å². The van der Waals surface area contributed by atoms with Crippen LogP contribution in [0.4, 0.5) is 0 Å². The molecule has 5 heteroatoms. The molecule has 1 heterocycles. The van der Waals surface area contributed by atoms with E-state index in [1.165, 1.54) is 0 Å². The van der Waals surface area contributed by atoms with E-state index in [1.807, 2.05) is 6.92 Å². The first-order valence-electron chi connectivity index (χ1n) is 4.83. The maximum absolute atomic E-state index is 10.8. The number of fused-ring (bicyclic) bond motifs is 1. The first kappa shape index (κ1) is 10.8. The number of carbonyl (C=O) groups is 1. The normalized spacial score (nSPS) is 14.9. The highest BCUT2D eigenvalue weighted by atomic mass is 16.7. The molecule has 16 heavy (non-hydrogen) atoms. The van der Waals surface area contributed by atoms with Gasteiger partial charge in [0.05, 0.1) is 0 Å². The molecule has 0 amide bonds. The second-order valence-corrected chi connectivity index (χ2v) is 3.71. The Morgan fingerprint density at radius 3 is 2.75 bits per heavy atom. The van der Waals surface area contributed by atoms with Crippen LogP contribution in [0.15, 0.2) is 6.07 Å². The smallest absolute Gasteiger partial charge is 0.337 e. The van der Waals surface area contributed by atoms with E-state index in [-0.39, 0.29) is 12.4 Å². The van der Waals surface area contributed by atoms with Gasteiger partial charge in [0.1, 0.15) is 0 Å². The predicted octanol–water partition coefficient (Wildman–Crippen LogP) is 1.15. The topological polar surface area (TPSA) is 76.0 Å². The number of aliphatic hydroxyl groups is 1. The van der Waals surface area contributed by atoms with Gasteiger partial charge < -0.3 is 19.7 Å². The molecule has 0 aromatic heterocycles. The van der Waals surface area contributed by atoms with Crippen LogP contribution in [0.5, 0.6) is 11.5 Å². The SMILES string of the molecule is Cc1cc2c(c(C(O)C(=O)O)c1C)OCO2. The average molecular weight is 224 g/mol. The molecule has 1 aliphatic rings. The van der Waals surface area contributed by atoms with Crippen molar-refractivity contribution in [3.05, 3.63) is 22.8 Å². The minimum Gasteiger partial charge on any atom is -0.479 e. The molecule has 1 aliphatic heterocycles. The Hall–Kier alpha value is -1.75. The highest BCUT2D eigenvalue weighted by molar-refractivity contribution is 5.77. The van der Waals surface area contributed by atoms with Crippen molar-refractivity contribution in [2.75, 3.05) is 6.79 Å². The maximum atomic E-state index is 10.8. The molecule has 2 N–H and O–H groups in total. The second kappa shape index (κ2) is 3.68. The molecule has 1 aromatic rings. The number of carboxylic acid groups (broad SMARTS) is 1. The van der Waals surface area contributed by atoms with E-state index in [0.717, 1.165) is 5.56 Å². The summed E-state index contributed by atoms with van der Waals surface area (Å²) < 4.78 is 10.4. The fraction of sp³-hybridized carbons (Fsp3) is 0.364. The van der Waals surface area contributed by atoms with E-state index in [2.05, 4.69) is 0 Å². The lowest BCUT2D eigenvalue weighted by Crippen LogP contribution is -2.13. The minimum atomic E-state index is -1.59. The number of benzene rings is 1. The predicted molar refractivity (Wildman–Crippen MR) is 54.6 cm³/mol. The summed E-state index contributed by atoms with van der Waals surface area (Å²) in [5.74, 6) is -0.484. The Bertz CT molecular complexity index is 452. The molecule has 0 saturated heterocycles. The standard InChI is InChI=1S/C11H12O5/c1-5-3-7-10(16-4-15-7)8(6(5)2)9(12)11(13)14/h3,9,12H,4H2,1-2H3,(H,13,14). The van der Waals surface area contributed by atoms with E-state index in [1.54, 1.807) is 13.0 Å². The van der Waals surface area contributed by atoms with E-state index in [4.69, 9.17) is 14.6 Å². The first-order valence-corrected chi connectivity index (χ1v) is 4.83. The molecule has 0 radical (unpaired) electrons. The summed E-state index contributed by atoms with van der Waals surface area (Å²) in [6.45, 7) is 3.63. The van der Waals surface area contributed by atoms with Gasteiger partial charge in [0.2, 0.25) is 6.79 Å². The van der Waals surface area contributed by atoms with Crippen LogP contribution in [0.1, 0.15) is 22.8 Å². The van der Waals surface area contributed by atoms with Crippen LogP contribution in [0, 0.1) is 13.8 Å². The minimum absolute atomic E-state index is 0.0531. The fourth-order valence-electron chi connectivity index (χ4n) is 1.75. The van der Waals surface area contributed by atoms with Crippen LogP contribution in [0.2, 0.25) is 0 Å². The van der Waals surface area contributed by atoms with Gasteiger partial charge in [0.25, 0.3) is 0 Å². The summed E-state index contributed by atoms with van der Waals surface area (Å²) >= 11 is 0. The van der Waals surface area contributed by atoms with Crippen molar-refractivity contribution in [3.63, 3.8) is 0 Å². The molecule has 1 unspecified atom stereocenters. The molecule has 2 rings (SSSR count). The molecular formula is C11H12O5. The molecular weight excluding hydrogens is 212 g/mol. The number of aliphatic hydroxyl groups excluding tert-OH is 1. The number of hydrogen-bond acceptors (Lipinski definition) is 4. The van der Waals surface area contributed by atoms with Crippen molar-refractivity contribution in [1.82, 2.24) is 0 Å². The van der Waals surface area contributed by atoms with Crippen LogP contribution in [-0.2, 0) is 4.79 Å². The van der Waals surface area contributed by atoms with Gasteiger partial charge >= 0.3 is 5.97 Å². The first-order chi connectivity index (χ1) is 7.52. The molecule has 0 fully saturated rings. The van der Waals surface area contributed by atoms with Crippen LogP contribution in [0.3, 0.4) is 0 Å². The third kappa shape index (κ3) is 1.49. The van der Waals surface area contributed by atoms with Gasteiger partial charge in [-0.25, -0.2) is 4.79 Å². The van der Waals surface area contributed by atoms with E-state index < -0.39 is 12.1 Å². The fourth-order valence-corrected chi connectivity index (χ4v) is 1.75. The molecule has 0 bridgehead atoms. The average Bonchev–Trinajstić information content (AvgIpc) is 2.66. The molecule has 5 nitrogen and oxygen atoms in total. The summed E-state index contributed by atoms with van der Waals surface area (Å²) in [4.78, 5) is 10.8. The van der Waals surface area contributed by atoms with Gasteiger partial charge in [-0.3, -0.25) is 0 Å². The van der Waals surface area contributed by atoms with Crippen molar-refractivity contribution in [2.24, 2.45) is 0 Å². The molecule has 0 saturated carbocycles. The van der Waals surface area contributed by atoms with Crippen LogP contribution in [0.25, 0.3) is 0 Å². The lowest BCUT2D eigenvalue weighted by atomic mass is 9.97. The largest absolute Gasteiger partial charge is 0.479 e. The summed E-state index contributed by atoms with van der Waals surface area (Å²) in [5.41, 5.74) is 1.85. The maximum Gasteiger partial charge on any atom is 0.337 e. The van der Waals surface area contributed by atoms with Gasteiger partial charge in [-0.1, -0.05) is 0 Å². The lowest BCUT2D eigenvalue weighted by Gasteiger charge is -2.14. The lowest BCUT2D eigenvalue weighted by molar-refractivity contribution is -0.147. The van der Waals surface area contributed by atoms with E-state index >= 15 is 0 Å². The van der Waals surface area contributed by atoms with Crippen molar-refractivity contribution in [3.8, 4) is 11.5 Å². The highest BCUT2D eigenvalue weighted by Gasteiger charge is 2.29. The quantitative estimate of drug-likeness (QED) is 0.788. The molecule has 0 spiro atoms. The van der Waals surface area contributed by atoms with Crippen LogP contribution in [-0.4, -0.2) is 23.0 Å². The molecule has 1 atom stereocenters. The summed E-state index contributed by atoms with van der Waals surface area (Å²) in [6, 6.07) is 1.77. The number of aryl methyl sites for hydroxylation is 1. The Morgan fingerprint density at radius 1 is 1.44 bits per heavy atom. The van der Waals surface area contributed by atoms with Crippen LogP contribution >= 0.6 is 0 Å². The van der Waals surface area contributed by atoms with Crippen molar-refractivity contribution >= 4 is 5.97 Å². The number of hydrogen-bond donors (Lipinski definition) is 2. The number of ether oxygens (including phenoxy) is 2. The molecule has 0 aliphatic carbocycles. The summed E-state index contributed by atoms with van der Waals surface area (Å²) in [7, 11) is 0. The van der Waals surface area contributed by atoms with E-state index in [0.29, 0.717) is 17.1 Å². The number of aliphatic carboxylic acids is 1. The Balaban J connectivity index is 2.63.